The summed E-state index contributed by atoms with van der Waals surface area (Å²) in [5, 5.41) is 0. The van der Waals surface area contributed by atoms with Crippen LogP contribution >= 0.6 is 0 Å². The number of likely N-dealkylation sites (tertiary alicyclic amines) is 2. The highest BCUT2D eigenvalue weighted by Crippen LogP contribution is 2.33. The number of rotatable bonds is 4. The van der Waals surface area contributed by atoms with E-state index in [2.05, 4.69) is 32.8 Å². The van der Waals surface area contributed by atoms with Crippen LogP contribution in [0, 0.1) is 5.92 Å². The molecular weight excluding hydrogens is 272 g/mol. The number of hydrogen-bond acceptors (Lipinski definition) is 3. The van der Waals surface area contributed by atoms with E-state index in [1.54, 1.807) is 0 Å². The van der Waals surface area contributed by atoms with Gasteiger partial charge in [-0.25, -0.2) is 8.78 Å². The molecule has 0 aromatic heterocycles. The van der Waals surface area contributed by atoms with Gasteiger partial charge in [0.2, 0.25) is 0 Å². The van der Waals surface area contributed by atoms with Crippen LogP contribution in [-0.4, -0.2) is 79.5 Å². The summed E-state index contributed by atoms with van der Waals surface area (Å²) in [6, 6.07) is -0.0000676. The third-order valence-electron chi connectivity index (χ3n) is 4.93. The molecule has 2 heterocycles. The Kier molecular flexibility index (Phi) is 5.60. The van der Waals surface area contributed by atoms with Crippen molar-refractivity contribution < 1.29 is 8.78 Å². The lowest BCUT2D eigenvalue weighted by atomic mass is 9.94. The zero-order valence-electron chi connectivity index (χ0n) is 14.0. The van der Waals surface area contributed by atoms with Crippen LogP contribution in [0.3, 0.4) is 0 Å². The third-order valence-corrected chi connectivity index (χ3v) is 4.93. The molecule has 1 unspecified atom stereocenters. The number of hydrogen-bond donors (Lipinski definition) is 0. The van der Waals surface area contributed by atoms with Gasteiger partial charge in [0.15, 0.2) is 0 Å². The molecule has 1 atom stereocenters. The molecule has 2 aliphatic heterocycles. The van der Waals surface area contributed by atoms with Crippen molar-refractivity contribution in [3.05, 3.63) is 0 Å². The predicted molar refractivity (Wildman–Crippen MR) is 82.9 cm³/mol. The van der Waals surface area contributed by atoms with E-state index in [1.165, 1.54) is 0 Å². The Morgan fingerprint density at radius 1 is 1.10 bits per heavy atom. The lowest BCUT2D eigenvalue weighted by molar-refractivity contribution is -0.133. The molecule has 5 heteroatoms. The van der Waals surface area contributed by atoms with Crippen molar-refractivity contribution in [1.29, 1.82) is 0 Å². The molecular formula is C16H31F2N3. The first kappa shape index (κ1) is 17.1. The van der Waals surface area contributed by atoms with E-state index >= 15 is 0 Å². The standard InChI is InChI=1S/C16H31F2N3/c1-13(2)11-20-8-7-15(16(17,18)12-20)21-9-5-14(6-10-21)19(3)4/h13-15H,5-12H2,1-4H3. The molecule has 2 saturated heterocycles. The maximum Gasteiger partial charge on any atom is 0.275 e. The van der Waals surface area contributed by atoms with Crippen LogP contribution in [-0.2, 0) is 0 Å². The van der Waals surface area contributed by atoms with Crippen molar-refractivity contribution >= 4 is 0 Å². The summed E-state index contributed by atoms with van der Waals surface area (Å²) in [7, 11) is 4.17. The SMILES string of the molecule is CC(C)CN1CCC(N2CCC(N(C)C)CC2)C(F)(F)C1. The summed E-state index contributed by atoms with van der Waals surface area (Å²) >= 11 is 0. The first-order valence-corrected chi connectivity index (χ1v) is 8.30. The summed E-state index contributed by atoms with van der Waals surface area (Å²) in [5.74, 6) is -2.12. The maximum atomic E-state index is 14.5. The summed E-state index contributed by atoms with van der Waals surface area (Å²) in [6.45, 7) is 7.34. The van der Waals surface area contributed by atoms with Crippen LogP contribution in [0.25, 0.3) is 0 Å². The summed E-state index contributed by atoms with van der Waals surface area (Å²) in [6.07, 6.45) is 2.62. The maximum absolute atomic E-state index is 14.5. The second-order valence-electron chi connectivity index (χ2n) is 7.43. The second kappa shape index (κ2) is 6.88. The molecule has 0 aromatic rings. The van der Waals surface area contributed by atoms with Crippen LogP contribution in [0.5, 0.6) is 0 Å². The van der Waals surface area contributed by atoms with E-state index in [0.717, 1.165) is 39.0 Å². The molecule has 0 N–H and O–H groups in total. The van der Waals surface area contributed by atoms with E-state index in [0.29, 0.717) is 18.4 Å². The quantitative estimate of drug-likeness (QED) is 0.789. The normalized spacial score (nSPS) is 29.4. The summed E-state index contributed by atoms with van der Waals surface area (Å²) < 4.78 is 29.0. The smallest absolute Gasteiger partial charge is 0.275 e. The Morgan fingerprint density at radius 2 is 1.71 bits per heavy atom. The lowest BCUT2D eigenvalue weighted by Gasteiger charge is -2.46. The Balaban J connectivity index is 1.90. The second-order valence-corrected chi connectivity index (χ2v) is 7.43. The van der Waals surface area contributed by atoms with Gasteiger partial charge in [-0.1, -0.05) is 13.8 Å². The monoisotopic (exact) mass is 303 g/mol. The van der Waals surface area contributed by atoms with Crippen molar-refractivity contribution in [3.8, 4) is 0 Å². The number of halogens is 2. The van der Waals surface area contributed by atoms with Gasteiger partial charge in [-0.05, 0) is 39.3 Å². The van der Waals surface area contributed by atoms with Crippen molar-refractivity contribution in [2.24, 2.45) is 5.92 Å². The molecule has 3 nitrogen and oxygen atoms in total. The topological polar surface area (TPSA) is 9.72 Å². The van der Waals surface area contributed by atoms with Crippen molar-refractivity contribution in [3.63, 3.8) is 0 Å². The van der Waals surface area contributed by atoms with Gasteiger partial charge in [-0.2, -0.15) is 0 Å². The summed E-state index contributed by atoms with van der Waals surface area (Å²) in [5.41, 5.74) is 0. The van der Waals surface area contributed by atoms with Crippen LogP contribution in [0.15, 0.2) is 0 Å². The van der Waals surface area contributed by atoms with Gasteiger partial charge in [-0.15, -0.1) is 0 Å². The summed E-state index contributed by atoms with van der Waals surface area (Å²) in [4.78, 5) is 6.21. The van der Waals surface area contributed by atoms with E-state index < -0.39 is 12.0 Å². The minimum absolute atomic E-state index is 0.0660. The number of alkyl halides is 2. The van der Waals surface area contributed by atoms with Gasteiger partial charge in [0.25, 0.3) is 5.92 Å². The molecule has 21 heavy (non-hydrogen) atoms. The molecule has 0 aliphatic carbocycles. The fraction of sp³-hybridized carbons (Fsp3) is 1.00. The molecule has 0 saturated carbocycles. The highest BCUT2D eigenvalue weighted by molar-refractivity contribution is 4.95. The fourth-order valence-corrected chi connectivity index (χ4v) is 3.83. The van der Waals surface area contributed by atoms with Gasteiger partial charge in [-0.3, -0.25) is 9.80 Å². The number of piperidine rings is 2. The highest BCUT2D eigenvalue weighted by Gasteiger charge is 2.47. The highest BCUT2D eigenvalue weighted by atomic mass is 19.3. The van der Waals surface area contributed by atoms with Crippen molar-refractivity contribution in [2.75, 3.05) is 46.8 Å². The molecule has 0 bridgehead atoms. The van der Waals surface area contributed by atoms with Crippen LogP contribution in [0.1, 0.15) is 33.1 Å². The van der Waals surface area contributed by atoms with E-state index in [4.69, 9.17) is 0 Å². The van der Waals surface area contributed by atoms with E-state index in [1.807, 2.05) is 9.80 Å². The van der Waals surface area contributed by atoms with Crippen LogP contribution in [0.2, 0.25) is 0 Å². The van der Waals surface area contributed by atoms with Gasteiger partial charge in [0.1, 0.15) is 0 Å². The Labute approximate surface area is 128 Å². The van der Waals surface area contributed by atoms with Crippen LogP contribution in [0.4, 0.5) is 8.78 Å². The largest absolute Gasteiger partial charge is 0.306 e. The van der Waals surface area contributed by atoms with Crippen molar-refractivity contribution in [1.82, 2.24) is 14.7 Å². The third kappa shape index (κ3) is 4.36. The average Bonchev–Trinajstić information content (AvgIpc) is 2.37. The minimum atomic E-state index is -2.57. The first-order chi connectivity index (χ1) is 9.79. The number of nitrogens with zero attached hydrogens (tertiary/aromatic N) is 3. The van der Waals surface area contributed by atoms with Crippen LogP contribution < -0.4 is 0 Å². The Bertz CT molecular complexity index is 325. The minimum Gasteiger partial charge on any atom is -0.306 e. The average molecular weight is 303 g/mol. The predicted octanol–water partition coefficient (Wildman–Crippen LogP) is 2.38. The Morgan fingerprint density at radius 3 is 2.19 bits per heavy atom. The fourth-order valence-electron chi connectivity index (χ4n) is 3.83. The molecule has 0 aromatic carbocycles. The lowest BCUT2D eigenvalue weighted by Crippen LogP contribution is -2.60. The Hall–Kier alpha value is -0.260. The van der Waals surface area contributed by atoms with Gasteiger partial charge >= 0.3 is 0 Å². The molecule has 0 spiro atoms. The van der Waals surface area contributed by atoms with Crippen molar-refractivity contribution in [2.45, 2.75) is 51.1 Å². The van der Waals surface area contributed by atoms with Gasteiger partial charge < -0.3 is 4.90 Å². The molecule has 2 rings (SSSR count). The van der Waals surface area contributed by atoms with E-state index in [9.17, 15) is 8.78 Å². The molecule has 0 radical (unpaired) electrons. The van der Waals surface area contributed by atoms with Gasteiger partial charge in [0, 0.05) is 32.2 Å². The van der Waals surface area contributed by atoms with E-state index in [-0.39, 0.29) is 6.54 Å². The van der Waals surface area contributed by atoms with Gasteiger partial charge in [0.05, 0.1) is 12.6 Å². The molecule has 2 aliphatic rings. The zero-order valence-corrected chi connectivity index (χ0v) is 14.0. The molecule has 2 fully saturated rings. The molecule has 0 amide bonds. The molecule has 124 valence electrons. The first-order valence-electron chi connectivity index (χ1n) is 8.30. The zero-order chi connectivity index (χ0) is 15.6.